The molecule has 1 heterocycles. The Morgan fingerprint density at radius 3 is 2.80 bits per heavy atom. The predicted octanol–water partition coefficient (Wildman–Crippen LogP) is 1.66. The van der Waals surface area contributed by atoms with Crippen LogP contribution in [0.25, 0.3) is 0 Å². The number of thioether (sulfide) groups is 1. The molecule has 20 heavy (non-hydrogen) atoms. The molecule has 1 unspecified atom stereocenters. The molecular weight excluding hydrogens is 272 g/mol. The van der Waals surface area contributed by atoms with Crippen LogP contribution >= 0.6 is 11.8 Å². The third-order valence-electron chi connectivity index (χ3n) is 3.36. The maximum absolute atomic E-state index is 12.1. The van der Waals surface area contributed by atoms with E-state index in [0.29, 0.717) is 24.6 Å². The largest absolute Gasteiger partial charge is 0.354 e. The molecule has 1 N–H and O–H groups in total. The molecule has 2 rings (SSSR count). The Morgan fingerprint density at radius 2 is 2.10 bits per heavy atom. The highest BCUT2D eigenvalue weighted by Crippen LogP contribution is 2.21. The molecule has 1 aliphatic rings. The Balaban J connectivity index is 1.81. The number of amides is 2. The van der Waals surface area contributed by atoms with E-state index < -0.39 is 0 Å². The summed E-state index contributed by atoms with van der Waals surface area (Å²) in [6.07, 6.45) is 1.27. The zero-order chi connectivity index (χ0) is 14.4. The zero-order valence-electron chi connectivity index (χ0n) is 11.7. The Labute approximate surface area is 123 Å². The Hall–Kier alpha value is -1.49. The van der Waals surface area contributed by atoms with Gasteiger partial charge in [-0.25, -0.2) is 0 Å². The molecule has 1 aromatic carbocycles. The van der Waals surface area contributed by atoms with Crippen molar-refractivity contribution in [2.45, 2.75) is 25.8 Å². The molecule has 0 aromatic heterocycles. The summed E-state index contributed by atoms with van der Waals surface area (Å²) in [6.45, 7) is 2.44. The fraction of sp³-hybridized carbons (Fsp3) is 0.467. The number of carbonyl (C=O) groups excluding carboxylic acids is 2. The Bertz CT molecular complexity index is 464. The van der Waals surface area contributed by atoms with Crippen LogP contribution in [0, 0.1) is 0 Å². The van der Waals surface area contributed by atoms with Crippen LogP contribution in [0.3, 0.4) is 0 Å². The van der Waals surface area contributed by atoms with E-state index in [0.717, 1.165) is 6.42 Å². The lowest BCUT2D eigenvalue weighted by molar-refractivity contribution is -0.137. The molecule has 4 nitrogen and oxygen atoms in total. The van der Waals surface area contributed by atoms with Crippen molar-refractivity contribution in [3.05, 3.63) is 35.9 Å². The minimum Gasteiger partial charge on any atom is -0.354 e. The van der Waals surface area contributed by atoms with Crippen LogP contribution in [0.4, 0.5) is 0 Å². The van der Waals surface area contributed by atoms with Gasteiger partial charge in [0.15, 0.2) is 0 Å². The van der Waals surface area contributed by atoms with Crippen molar-refractivity contribution in [3.63, 3.8) is 0 Å². The summed E-state index contributed by atoms with van der Waals surface area (Å²) in [5.41, 5.74) is 1.20. The van der Waals surface area contributed by atoms with Gasteiger partial charge < -0.3 is 10.2 Å². The number of benzene rings is 1. The highest BCUT2D eigenvalue weighted by molar-refractivity contribution is 7.99. The third-order valence-corrected chi connectivity index (χ3v) is 4.38. The smallest absolute Gasteiger partial charge is 0.243 e. The lowest BCUT2D eigenvalue weighted by Crippen LogP contribution is -2.47. The maximum atomic E-state index is 12.1. The quantitative estimate of drug-likeness (QED) is 0.898. The zero-order valence-corrected chi connectivity index (χ0v) is 12.5. The van der Waals surface area contributed by atoms with Crippen LogP contribution in [0.1, 0.15) is 18.9 Å². The van der Waals surface area contributed by atoms with Gasteiger partial charge in [-0.15, -0.1) is 11.8 Å². The van der Waals surface area contributed by atoms with Gasteiger partial charge in [0.1, 0.15) is 6.04 Å². The Morgan fingerprint density at radius 1 is 1.35 bits per heavy atom. The molecule has 0 saturated carbocycles. The van der Waals surface area contributed by atoms with E-state index in [4.69, 9.17) is 0 Å². The standard InChI is InChI=1S/C15H20N2O2S/c1-2-14(18)17-11-20-10-13(17)15(19)16-9-8-12-6-4-3-5-7-12/h3-7,13H,2,8-11H2,1H3,(H,16,19). The fourth-order valence-corrected chi connectivity index (χ4v) is 3.38. The number of nitrogens with zero attached hydrogens (tertiary/aromatic N) is 1. The maximum Gasteiger partial charge on any atom is 0.243 e. The first kappa shape index (κ1) is 14.9. The van der Waals surface area contributed by atoms with Crippen molar-refractivity contribution < 1.29 is 9.59 Å². The summed E-state index contributed by atoms with van der Waals surface area (Å²) >= 11 is 1.64. The average Bonchev–Trinajstić information content (AvgIpc) is 2.97. The summed E-state index contributed by atoms with van der Waals surface area (Å²) in [4.78, 5) is 25.6. The van der Waals surface area contributed by atoms with Crippen LogP contribution < -0.4 is 5.32 Å². The first-order chi connectivity index (χ1) is 9.72. The van der Waals surface area contributed by atoms with Gasteiger partial charge in [0, 0.05) is 18.7 Å². The van der Waals surface area contributed by atoms with Gasteiger partial charge in [-0.3, -0.25) is 9.59 Å². The number of carbonyl (C=O) groups is 2. The molecule has 0 bridgehead atoms. The minimum atomic E-state index is -0.303. The van der Waals surface area contributed by atoms with Crippen LogP contribution in [-0.4, -0.2) is 40.9 Å². The van der Waals surface area contributed by atoms with E-state index in [-0.39, 0.29) is 17.9 Å². The molecule has 0 radical (unpaired) electrons. The molecule has 5 heteroatoms. The van der Waals surface area contributed by atoms with Crippen LogP contribution in [0.5, 0.6) is 0 Å². The van der Waals surface area contributed by atoms with Crippen molar-refractivity contribution >= 4 is 23.6 Å². The van der Waals surface area contributed by atoms with Gasteiger partial charge in [0.2, 0.25) is 11.8 Å². The van der Waals surface area contributed by atoms with E-state index in [1.807, 2.05) is 37.3 Å². The molecular formula is C15H20N2O2S. The molecule has 1 aliphatic heterocycles. The lowest BCUT2D eigenvalue weighted by Gasteiger charge is -2.22. The van der Waals surface area contributed by atoms with Gasteiger partial charge in [0.25, 0.3) is 0 Å². The van der Waals surface area contributed by atoms with Crippen molar-refractivity contribution in [3.8, 4) is 0 Å². The van der Waals surface area contributed by atoms with Crippen molar-refractivity contribution in [1.82, 2.24) is 10.2 Å². The highest BCUT2D eigenvalue weighted by atomic mass is 32.2. The summed E-state index contributed by atoms with van der Waals surface area (Å²) in [5, 5.41) is 2.94. The molecule has 1 fully saturated rings. The normalized spacial score (nSPS) is 18.1. The van der Waals surface area contributed by atoms with E-state index >= 15 is 0 Å². The summed E-state index contributed by atoms with van der Waals surface area (Å²) in [7, 11) is 0. The van der Waals surface area contributed by atoms with Gasteiger partial charge in [-0.2, -0.15) is 0 Å². The van der Waals surface area contributed by atoms with Crippen molar-refractivity contribution in [2.24, 2.45) is 0 Å². The summed E-state index contributed by atoms with van der Waals surface area (Å²) in [6, 6.07) is 9.75. The molecule has 0 aliphatic carbocycles. The van der Waals surface area contributed by atoms with E-state index in [9.17, 15) is 9.59 Å². The second kappa shape index (κ2) is 7.33. The lowest BCUT2D eigenvalue weighted by atomic mass is 10.1. The Kier molecular flexibility index (Phi) is 5.47. The molecule has 1 aromatic rings. The van der Waals surface area contributed by atoms with Crippen molar-refractivity contribution in [1.29, 1.82) is 0 Å². The monoisotopic (exact) mass is 292 g/mol. The van der Waals surface area contributed by atoms with E-state index in [1.165, 1.54) is 5.56 Å². The van der Waals surface area contributed by atoms with Gasteiger partial charge >= 0.3 is 0 Å². The fourth-order valence-electron chi connectivity index (χ4n) is 2.20. The third kappa shape index (κ3) is 3.76. The second-order valence-corrected chi connectivity index (χ2v) is 5.76. The van der Waals surface area contributed by atoms with E-state index in [2.05, 4.69) is 5.32 Å². The van der Waals surface area contributed by atoms with Crippen LogP contribution in [0.15, 0.2) is 30.3 Å². The molecule has 1 saturated heterocycles. The van der Waals surface area contributed by atoms with Gasteiger partial charge in [-0.05, 0) is 12.0 Å². The minimum absolute atomic E-state index is 0.0345. The average molecular weight is 292 g/mol. The summed E-state index contributed by atoms with van der Waals surface area (Å²) in [5.74, 6) is 1.35. The number of nitrogens with one attached hydrogen (secondary N) is 1. The first-order valence-corrected chi connectivity index (χ1v) is 8.06. The van der Waals surface area contributed by atoms with Crippen molar-refractivity contribution in [2.75, 3.05) is 18.2 Å². The molecule has 1 atom stereocenters. The predicted molar refractivity (Wildman–Crippen MR) is 81.4 cm³/mol. The second-order valence-electron chi connectivity index (χ2n) is 4.76. The summed E-state index contributed by atoms with van der Waals surface area (Å²) < 4.78 is 0. The number of rotatable bonds is 5. The number of hydrogen-bond acceptors (Lipinski definition) is 3. The SMILES string of the molecule is CCC(=O)N1CSCC1C(=O)NCCc1ccccc1. The van der Waals surface area contributed by atoms with Crippen LogP contribution in [0.2, 0.25) is 0 Å². The number of hydrogen-bond donors (Lipinski definition) is 1. The van der Waals surface area contributed by atoms with E-state index in [1.54, 1.807) is 16.7 Å². The van der Waals surface area contributed by atoms with Gasteiger partial charge in [-0.1, -0.05) is 37.3 Å². The highest BCUT2D eigenvalue weighted by Gasteiger charge is 2.33. The molecule has 2 amide bonds. The van der Waals surface area contributed by atoms with Crippen LogP contribution in [-0.2, 0) is 16.0 Å². The molecule has 108 valence electrons. The topological polar surface area (TPSA) is 49.4 Å². The molecule has 0 spiro atoms. The van der Waals surface area contributed by atoms with Gasteiger partial charge in [0.05, 0.1) is 5.88 Å². The first-order valence-electron chi connectivity index (χ1n) is 6.91.